The monoisotopic (exact) mass is 317 g/mol. The van der Waals surface area contributed by atoms with Gasteiger partial charge in [-0.3, -0.25) is 14.8 Å². The van der Waals surface area contributed by atoms with Gasteiger partial charge in [0.2, 0.25) is 5.88 Å². The van der Waals surface area contributed by atoms with E-state index in [1.54, 1.807) is 0 Å². The molecule has 2 rings (SSSR count). The average molecular weight is 317 g/mol. The third kappa shape index (κ3) is 2.97. The number of halogens is 3. The van der Waals surface area contributed by atoms with E-state index in [0.717, 1.165) is 23.1 Å². The van der Waals surface area contributed by atoms with E-state index in [9.17, 15) is 23.3 Å². The van der Waals surface area contributed by atoms with Crippen LogP contribution in [0.1, 0.15) is 24.2 Å². The van der Waals surface area contributed by atoms with Gasteiger partial charge < -0.3 is 4.74 Å². The normalized spacial score (nSPS) is 13.0. The molecule has 2 heterocycles. The Balaban J connectivity index is 2.46. The summed E-state index contributed by atoms with van der Waals surface area (Å²) in [6.45, 7) is 1.51. The molecule has 0 radical (unpaired) electrons. The van der Waals surface area contributed by atoms with Gasteiger partial charge in [0.25, 0.3) is 0 Å². The molecule has 0 saturated heterocycles. The molecule has 0 fully saturated rings. The number of nitro groups is 1. The average Bonchev–Trinajstić information content (AvgIpc) is 2.94. The third-order valence-electron chi connectivity index (χ3n) is 2.92. The summed E-state index contributed by atoms with van der Waals surface area (Å²) in [5, 5.41) is 20.8. The highest BCUT2D eigenvalue weighted by Crippen LogP contribution is 2.32. The highest BCUT2D eigenvalue weighted by molar-refractivity contribution is 5.32. The number of hydrogen-bond acceptors (Lipinski definition) is 6. The zero-order chi connectivity index (χ0) is 16.5. The number of alkyl halides is 3. The highest BCUT2D eigenvalue weighted by Gasteiger charge is 2.35. The minimum Gasteiger partial charge on any atom is -0.480 e. The summed E-state index contributed by atoms with van der Waals surface area (Å²) in [6.07, 6.45) is -2.55. The van der Waals surface area contributed by atoms with Crippen molar-refractivity contribution in [1.29, 1.82) is 0 Å². The molecule has 22 heavy (non-hydrogen) atoms. The van der Waals surface area contributed by atoms with E-state index in [0.29, 0.717) is 0 Å². The lowest BCUT2D eigenvalue weighted by molar-refractivity contribution is -0.385. The fourth-order valence-electron chi connectivity index (χ4n) is 1.77. The molecule has 11 heteroatoms. The smallest absolute Gasteiger partial charge is 0.435 e. The van der Waals surface area contributed by atoms with Gasteiger partial charge in [-0.1, -0.05) is 0 Å². The van der Waals surface area contributed by atoms with Crippen molar-refractivity contribution < 1.29 is 22.8 Å². The van der Waals surface area contributed by atoms with Crippen LogP contribution in [0.3, 0.4) is 0 Å². The summed E-state index contributed by atoms with van der Waals surface area (Å²) in [5.74, 6) is -0.112. The molecule has 1 unspecified atom stereocenters. The van der Waals surface area contributed by atoms with E-state index >= 15 is 0 Å². The van der Waals surface area contributed by atoms with Gasteiger partial charge in [-0.15, -0.1) is 10.2 Å². The largest absolute Gasteiger partial charge is 0.480 e. The SMILES string of the molecule is COc1nnc(C(F)(F)F)cc1C(C)n1cc([N+](=O)[O-])cn1. The first-order valence-electron chi connectivity index (χ1n) is 5.91. The van der Waals surface area contributed by atoms with Crippen molar-refractivity contribution in [2.24, 2.45) is 0 Å². The van der Waals surface area contributed by atoms with E-state index in [-0.39, 0.29) is 17.1 Å². The second-order valence-electron chi connectivity index (χ2n) is 4.30. The molecule has 0 aliphatic heterocycles. The third-order valence-corrected chi connectivity index (χ3v) is 2.92. The van der Waals surface area contributed by atoms with Crippen LogP contribution >= 0.6 is 0 Å². The maximum Gasteiger partial charge on any atom is 0.435 e. The molecule has 2 aromatic heterocycles. The summed E-state index contributed by atoms with van der Waals surface area (Å²) in [5.41, 5.74) is -1.40. The van der Waals surface area contributed by atoms with Gasteiger partial charge in [0.15, 0.2) is 5.69 Å². The Morgan fingerprint density at radius 3 is 2.59 bits per heavy atom. The molecule has 0 saturated carbocycles. The summed E-state index contributed by atoms with van der Waals surface area (Å²) >= 11 is 0. The molecule has 2 aromatic rings. The van der Waals surface area contributed by atoms with Gasteiger partial charge in [0, 0.05) is 5.56 Å². The van der Waals surface area contributed by atoms with Crippen molar-refractivity contribution in [2.75, 3.05) is 7.11 Å². The van der Waals surface area contributed by atoms with Crippen LogP contribution in [-0.4, -0.2) is 32.0 Å². The van der Waals surface area contributed by atoms with E-state index in [4.69, 9.17) is 4.74 Å². The standard InChI is InChI=1S/C11H10F3N5O3/c1-6(18-5-7(4-15-18)19(20)21)8-3-9(11(12,13)14)16-17-10(8)22-2/h3-6H,1-2H3. The number of hydrogen-bond donors (Lipinski definition) is 0. The van der Waals surface area contributed by atoms with E-state index in [1.165, 1.54) is 14.0 Å². The lowest BCUT2D eigenvalue weighted by Gasteiger charge is -2.16. The Morgan fingerprint density at radius 1 is 1.41 bits per heavy atom. The number of methoxy groups -OCH3 is 1. The van der Waals surface area contributed by atoms with Crippen molar-refractivity contribution in [3.8, 4) is 5.88 Å². The molecule has 0 spiro atoms. The first-order chi connectivity index (χ1) is 10.2. The summed E-state index contributed by atoms with van der Waals surface area (Å²) < 4.78 is 44.2. The predicted molar refractivity (Wildman–Crippen MR) is 66.3 cm³/mol. The Kier molecular flexibility index (Phi) is 3.97. The molecule has 0 aromatic carbocycles. The molecule has 0 N–H and O–H groups in total. The molecular formula is C11H10F3N5O3. The Morgan fingerprint density at radius 2 is 2.09 bits per heavy atom. The molecule has 118 valence electrons. The van der Waals surface area contributed by atoms with Crippen LogP contribution < -0.4 is 4.74 Å². The summed E-state index contributed by atoms with van der Waals surface area (Å²) in [7, 11) is 1.24. The Bertz CT molecular complexity index is 701. The number of aromatic nitrogens is 4. The number of nitrogens with zero attached hydrogens (tertiary/aromatic N) is 5. The number of rotatable bonds is 4. The molecule has 0 aliphatic rings. The summed E-state index contributed by atoms with van der Waals surface area (Å²) in [4.78, 5) is 9.99. The first-order valence-corrected chi connectivity index (χ1v) is 5.91. The van der Waals surface area contributed by atoms with Crippen LogP contribution in [0.2, 0.25) is 0 Å². The fourth-order valence-corrected chi connectivity index (χ4v) is 1.77. The molecule has 0 amide bonds. The van der Waals surface area contributed by atoms with E-state index in [1.807, 2.05) is 0 Å². The maximum absolute atomic E-state index is 12.7. The van der Waals surface area contributed by atoms with Crippen LogP contribution in [0, 0.1) is 10.1 Å². The van der Waals surface area contributed by atoms with Gasteiger partial charge >= 0.3 is 11.9 Å². The minimum atomic E-state index is -4.66. The van der Waals surface area contributed by atoms with Crippen LogP contribution in [-0.2, 0) is 6.18 Å². The second-order valence-corrected chi connectivity index (χ2v) is 4.30. The maximum atomic E-state index is 12.7. The molecular weight excluding hydrogens is 307 g/mol. The predicted octanol–water partition coefficient (Wildman–Crippen LogP) is 2.22. The second kappa shape index (κ2) is 5.58. The Hall–Kier alpha value is -2.72. The van der Waals surface area contributed by atoms with Gasteiger partial charge in [0.05, 0.1) is 18.1 Å². The van der Waals surface area contributed by atoms with Gasteiger partial charge in [0.1, 0.15) is 12.4 Å². The minimum absolute atomic E-state index is 0.0582. The molecule has 0 bridgehead atoms. The van der Waals surface area contributed by atoms with Crippen molar-refractivity contribution >= 4 is 5.69 Å². The van der Waals surface area contributed by atoms with Crippen molar-refractivity contribution in [2.45, 2.75) is 19.1 Å². The molecule has 0 aliphatic carbocycles. The van der Waals surface area contributed by atoms with Crippen LogP contribution in [0.25, 0.3) is 0 Å². The van der Waals surface area contributed by atoms with Gasteiger partial charge in [-0.25, -0.2) is 0 Å². The van der Waals surface area contributed by atoms with Crippen molar-refractivity contribution in [3.05, 3.63) is 39.8 Å². The first kappa shape index (κ1) is 15.7. The fraction of sp³-hybridized carbons (Fsp3) is 0.364. The topological polar surface area (TPSA) is 96.0 Å². The molecule has 1 atom stereocenters. The quantitative estimate of drug-likeness (QED) is 0.633. The van der Waals surface area contributed by atoms with Crippen LogP contribution in [0.4, 0.5) is 18.9 Å². The van der Waals surface area contributed by atoms with Crippen LogP contribution in [0.5, 0.6) is 5.88 Å². The van der Waals surface area contributed by atoms with Gasteiger partial charge in [-0.2, -0.15) is 18.3 Å². The van der Waals surface area contributed by atoms with Crippen molar-refractivity contribution in [3.63, 3.8) is 0 Å². The van der Waals surface area contributed by atoms with E-state index < -0.39 is 22.8 Å². The van der Waals surface area contributed by atoms with Crippen molar-refractivity contribution in [1.82, 2.24) is 20.0 Å². The zero-order valence-corrected chi connectivity index (χ0v) is 11.4. The number of ether oxygens (including phenoxy) is 1. The lowest BCUT2D eigenvalue weighted by atomic mass is 10.1. The van der Waals surface area contributed by atoms with Gasteiger partial charge in [-0.05, 0) is 13.0 Å². The van der Waals surface area contributed by atoms with E-state index in [2.05, 4.69) is 15.3 Å². The zero-order valence-electron chi connectivity index (χ0n) is 11.4. The van der Waals surface area contributed by atoms with Crippen LogP contribution in [0.15, 0.2) is 18.5 Å². The summed E-state index contributed by atoms with van der Waals surface area (Å²) in [6, 6.07) is 0.0181. The molecule has 8 nitrogen and oxygen atoms in total. The lowest BCUT2D eigenvalue weighted by Crippen LogP contribution is -2.15. The highest BCUT2D eigenvalue weighted by atomic mass is 19.4. The Labute approximate surface area is 121 Å².